The van der Waals surface area contributed by atoms with Gasteiger partial charge in [0, 0.05) is 17.5 Å². The van der Waals surface area contributed by atoms with Crippen molar-refractivity contribution in [3.63, 3.8) is 0 Å². The number of aliphatic hydroxyl groups excluding tert-OH is 1. The van der Waals surface area contributed by atoms with E-state index in [1.165, 1.54) is 18.6 Å². The van der Waals surface area contributed by atoms with Gasteiger partial charge in [0.25, 0.3) is 0 Å². The van der Waals surface area contributed by atoms with Crippen LogP contribution in [0.2, 0.25) is 0 Å². The SMILES string of the molecule is Cc1nc(C2CCCS2)ncc1[C@@H](C)O. The molecule has 1 aliphatic heterocycles. The van der Waals surface area contributed by atoms with E-state index in [2.05, 4.69) is 9.97 Å². The second-order valence-electron chi connectivity index (χ2n) is 3.95. The molecule has 1 N–H and O–H groups in total. The Bertz CT molecular complexity index is 348. The lowest BCUT2D eigenvalue weighted by atomic mass is 10.1. The van der Waals surface area contributed by atoms with Gasteiger partial charge in [0.2, 0.25) is 0 Å². The summed E-state index contributed by atoms with van der Waals surface area (Å²) in [7, 11) is 0. The molecule has 2 rings (SSSR count). The topological polar surface area (TPSA) is 46.0 Å². The van der Waals surface area contributed by atoms with Gasteiger partial charge >= 0.3 is 0 Å². The predicted molar refractivity (Wildman–Crippen MR) is 61.8 cm³/mol. The first-order valence-electron chi connectivity index (χ1n) is 5.31. The summed E-state index contributed by atoms with van der Waals surface area (Å²) in [4.78, 5) is 8.84. The molecule has 1 saturated heterocycles. The van der Waals surface area contributed by atoms with Crippen molar-refractivity contribution in [1.29, 1.82) is 0 Å². The number of hydrogen-bond acceptors (Lipinski definition) is 4. The van der Waals surface area contributed by atoms with E-state index in [0.717, 1.165) is 17.1 Å². The van der Waals surface area contributed by atoms with E-state index < -0.39 is 6.10 Å². The third kappa shape index (κ3) is 2.32. The van der Waals surface area contributed by atoms with Crippen LogP contribution >= 0.6 is 11.8 Å². The zero-order valence-electron chi connectivity index (χ0n) is 9.10. The average molecular weight is 224 g/mol. The summed E-state index contributed by atoms with van der Waals surface area (Å²) in [6.45, 7) is 3.68. The molecule has 2 atom stereocenters. The fourth-order valence-electron chi connectivity index (χ4n) is 1.84. The number of rotatable bonds is 2. The lowest BCUT2D eigenvalue weighted by Crippen LogP contribution is -2.05. The maximum absolute atomic E-state index is 9.48. The Morgan fingerprint density at radius 3 is 2.93 bits per heavy atom. The minimum Gasteiger partial charge on any atom is -0.389 e. The summed E-state index contributed by atoms with van der Waals surface area (Å²) in [5, 5.41) is 9.94. The monoisotopic (exact) mass is 224 g/mol. The molecule has 0 spiro atoms. The molecule has 2 heterocycles. The first kappa shape index (κ1) is 10.9. The van der Waals surface area contributed by atoms with Gasteiger partial charge in [0.1, 0.15) is 5.82 Å². The first-order chi connectivity index (χ1) is 7.18. The number of nitrogens with zero attached hydrogens (tertiary/aromatic N) is 2. The Morgan fingerprint density at radius 2 is 2.40 bits per heavy atom. The van der Waals surface area contributed by atoms with E-state index in [9.17, 15) is 5.11 Å². The molecule has 82 valence electrons. The Balaban J connectivity index is 2.24. The van der Waals surface area contributed by atoms with Gasteiger partial charge in [-0.05, 0) is 32.4 Å². The highest BCUT2D eigenvalue weighted by Crippen LogP contribution is 2.38. The van der Waals surface area contributed by atoms with Crippen LogP contribution in [0.15, 0.2) is 6.20 Å². The van der Waals surface area contributed by atoms with E-state index >= 15 is 0 Å². The molecule has 1 aromatic rings. The first-order valence-corrected chi connectivity index (χ1v) is 6.36. The van der Waals surface area contributed by atoms with Crippen molar-refractivity contribution in [1.82, 2.24) is 9.97 Å². The van der Waals surface area contributed by atoms with E-state index in [4.69, 9.17) is 0 Å². The van der Waals surface area contributed by atoms with Gasteiger partial charge in [-0.3, -0.25) is 0 Å². The summed E-state index contributed by atoms with van der Waals surface area (Å²) in [5.41, 5.74) is 1.74. The molecular weight excluding hydrogens is 208 g/mol. The van der Waals surface area contributed by atoms with Gasteiger partial charge in [-0.25, -0.2) is 9.97 Å². The highest BCUT2D eigenvalue weighted by atomic mass is 32.2. The lowest BCUT2D eigenvalue weighted by molar-refractivity contribution is 0.197. The number of aromatic nitrogens is 2. The summed E-state index contributed by atoms with van der Waals surface area (Å²) in [5.74, 6) is 2.14. The molecule has 0 bridgehead atoms. The average Bonchev–Trinajstić information content (AvgIpc) is 2.69. The van der Waals surface area contributed by atoms with Crippen molar-refractivity contribution in [2.75, 3.05) is 5.75 Å². The largest absolute Gasteiger partial charge is 0.389 e. The Hall–Kier alpha value is -0.610. The van der Waals surface area contributed by atoms with E-state index in [0.29, 0.717) is 5.25 Å². The molecule has 3 nitrogen and oxygen atoms in total. The zero-order chi connectivity index (χ0) is 10.8. The molecule has 0 radical (unpaired) electrons. The van der Waals surface area contributed by atoms with Gasteiger partial charge in [-0.2, -0.15) is 11.8 Å². The smallest absolute Gasteiger partial charge is 0.141 e. The molecule has 15 heavy (non-hydrogen) atoms. The minimum absolute atomic E-state index is 0.465. The highest BCUT2D eigenvalue weighted by molar-refractivity contribution is 7.99. The standard InChI is InChI=1S/C11H16N2OS/c1-7-9(8(2)14)6-12-11(13-7)10-4-3-5-15-10/h6,8,10,14H,3-5H2,1-2H3/t8-,10?/m1/s1. The van der Waals surface area contributed by atoms with E-state index in [1.807, 2.05) is 18.7 Å². The summed E-state index contributed by atoms with van der Waals surface area (Å²) < 4.78 is 0. The molecular formula is C11H16N2OS. The van der Waals surface area contributed by atoms with E-state index in [-0.39, 0.29) is 0 Å². The molecule has 0 amide bonds. The molecule has 1 aromatic heterocycles. The van der Waals surface area contributed by atoms with Gasteiger partial charge in [0.05, 0.1) is 11.4 Å². The number of aryl methyl sites for hydroxylation is 1. The number of thioether (sulfide) groups is 1. The Kier molecular flexibility index (Phi) is 3.26. The zero-order valence-corrected chi connectivity index (χ0v) is 9.92. The number of hydrogen-bond donors (Lipinski definition) is 1. The van der Waals surface area contributed by atoms with E-state index in [1.54, 1.807) is 13.1 Å². The molecule has 0 saturated carbocycles. The van der Waals surface area contributed by atoms with Crippen molar-refractivity contribution in [2.24, 2.45) is 0 Å². The maximum atomic E-state index is 9.48. The van der Waals surface area contributed by atoms with Crippen LogP contribution in [0.5, 0.6) is 0 Å². The van der Waals surface area contributed by atoms with Crippen LogP contribution in [0.1, 0.15) is 48.2 Å². The fourth-order valence-corrected chi connectivity index (χ4v) is 3.05. The summed E-state index contributed by atoms with van der Waals surface area (Å²) in [6.07, 6.45) is 3.73. The van der Waals surface area contributed by atoms with Crippen LogP contribution in [0, 0.1) is 6.92 Å². The van der Waals surface area contributed by atoms with Crippen molar-refractivity contribution in [3.05, 3.63) is 23.3 Å². The van der Waals surface area contributed by atoms with Gasteiger partial charge in [0.15, 0.2) is 0 Å². The second kappa shape index (κ2) is 4.49. The molecule has 1 fully saturated rings. The third-order valence-electron chi connectivity index (χ3n) is 2.70. The highest BCUT2D eigenvalue weighted by Gasteiger charge is 2.21. The van der Waals surface area contributed by atoms with Crippen LogP contribution in [0.3, 0.4) is 0 Å². The summed E-state index contributed by atoms with van der Waals surface area (Å²) >= 11 is 1.93. The van der Waals surface area contributed by atoms with Crippen molar-refractivity contribution < 1.29 is 5.11 Å². The normalized spacial score (nSPS) is 23.0. The van der Waals surface area contributed by atoms with Crippen LogP contribution in [0.4, 0.5) is 0 Å². The van der Waals surface area contributed by atoms with Crippen molar-refractivity contribution in [3.8, 4) is 0 Å². The van der Waals surface area contributed by atoms with Crippen LogP contribution in [-0.4, -0.2) is 20.8 Å². The minimum atomic E-state index is -0.477. The Labute approximate surface area is 94.3 Å². The van der Waals surface area contributed by atoms with Gasteiger partial charge in [-0.15, -0.1) is 0 Å². The van der Waals surface area contributed by atoms with Crippen molar-refractivity contribution >= 4 is 11.8 Å². The Morgan fingerprint density at radius 1 is 1.60 bits per heavy atom. The molecule has 4 heteroatoms. The number of aliphatic hydroxyl groups is 1. The fraction of sp³-hybridized carbons (Fsp3) is 0.636. The predicted octanol–water partition coefficient (Wildman–Crippen LogP) is 2.41. The molecule has 0 aliphatic carbocycles. The third-order valence-corrected chi connectivity index (χ3v) is 4.08. The molecule has 1 aliphatic rings. The second-order valence-corrected chi connectivity index (χ2v) is 5.26. The van der Waals surface area contributed by atoms with Crippen molar-refractivity contribution in [2.45, 2.75) is 38.0 Å². The van der Waals surface area contributed by atoms with Crippen LogP contribution in [0.25, 0.3) is 0 Å². The van der Waals surface area contributed by atoms with Gasteiger partial charge in [-0.1, -0.05) is 0 Å². The van der Waals surface area contributed by atoms with Crippen LogP contribution < -0.4 is 0 Å². The molecule has 1 unspecified atom stereocenters. The molecule has 0 aromatic carbocycles. The quantitative estimate of drug-likeness (QED) is 0.838. The van der Waals surface area contributed by atoms with Crippen LogP contribution in [-0.2, 0) is 0 Å². The van der Waals surface area contributed by atoms with Gasteiger partial charge < -0.3 is 5.11 Å². The summed E-state index contributed by atoms with van der Waals surface area (Å²) in [6, 6.07) is 0. The lowest BCUT2D eigenvalue weighted by Gasteiger charge is -2.11. The maximum Gasteiger partial charge on any atom is 0.141 e.